The summed E-state index contributed by atoms with van der Waals surface area (Å²) in [6.07, 6.45) is 0. The lowest BCUT2D eigenvalue weighted by molar-refractivity contribution is 0.749. The van der Waals surface area contributed by atoms with E-state index in [2.05, 4.69) is 199 Å². The summed E-state index contributed by atoms with van der Waals surface area (Å²) in [5.74, 6) is 1.96. The van der Waals surface area contributed by atoms with Crippen molar-refractivity contribution in [3.8, 4) is 51.0 Å². The summed E-state index contributed by atoms with van der Waals surface area (Å²) in [7, 11) is 0. The number of nitrogens with zero attached hydrogens (tertiary/aromatic N) is 4. The van der Waals surface area contributed by atoms with E-state index in [-0.39, 0.29) is 0 Å². The SMILES string of the molecule is c1ccc2c(c1)-c1cccc(-c3nc(-c4cccc5ccccc45)nc(-c4cccc5ccccc45)n3)c1C21c2ccccc2-n2c3ccccc3c3cccc1c32. The molecule has 0 amide bonds. The Labute approximate surface area is 334 Å². The minimum absolute atomic E-state index is 0.651. The molecule has 0 saturated heterocycles. The first-order chi connectivity index (χ1) is 28.8. The molecular weight excluding hydrogens is 705 g/mol. The van der Waals surface area contributed by atoms with Crippen LogP contribution in [0.2, 0.25) is 0 Å². The molecule has 1 aliphatic heterocycles. The van der Waals surface area contributed by atoms with Gasteiger partial charge in [-0.3, -0.25) is 0 Å². The minimum Gasteiger partial charge on any atom is -0.309 e. The molecule has 1 spiro atoms. The first-order valence-electron chi connectivity index (χ1n) is 19.9. The van der Waals surface area contributed by atoms with Crippen molar-refractivity contribution in [1.82, 2.24) is 19.5 Å². The highest BCUT2D eigenvalue weighted by Gasteiger charge is 2.52. The summed E-state index contributed by atoms with van der Waals surface area (Å²) in [6, 6.07) is 70.1. The second-order valence-corrected chi connectivity index (χ2v) is 15.5. The van der Waals surface area contributed by atoms with Crippen LogP contribution in [0.3, 0.4) is 0 Å². The van der Waals surface area contributed by atoms with Crippen molar-refractivity contribution in [2.75, 3.05) is 0 Å². The lowest BCUT2D eigenvalue weighted by Crippen LogP contribution is -2.34. The van der Waals surface area contributed by atoms with Gasteiger partial charge in [-0.15, -0.1) is 0 Å². The third kappa shape index (κ3) is 4.05. The van der Waals surface area contributed by atoms with Gasteiger partial charge >= 0.3 is 0 Å². The van der Waals surface area contributed by atoms with Gasteiger partial charge in [0, 0.05) is 27.5 Å². The lowest BCUT2D eigenvalue weighted by Gasteiger charge is -2.40. The van der Waals surface area contributed by atoms with E-state index in [1.165, 1.54) is 60.9 Å². The van der Waals surface area contributed by atoms with E-state index >= 15 is 0 Å². The molecule has 2 aromatic heterocycles. The monoisotopic (exact) mass is 736 g/mol. The van der Waals surface area contributed by atoms with E-state index < -0.39 is 5.41 Å². The minimum atomic E-state index is -0.658. The zero-order chi connectivity index (χ0) is 38.0. The quantitative estimate of drug-likeness (QED) is 0.181. The summed E-state index contributed by atoms with van der Waals surface area (Å²) in [6.45, 7) is 0. The molecule has 0 radical (unpaired) electrons. The predicted molar refractivity (Wildman–Crippen MR) is 236 cm³/mol. The number of aromatic nitrogens is 4. The maximum atomic E-state index is 5.50. The van der Waals surface area contributed by atoms with E-state index in [9.17, 15) is 0 Å². The van der Waals surface area contributed by atoms with Crippen LogP contribution in [0.25, 0.3) is 94.3 Å². The van der Waals surface area contributed by atoms with Gasteiger partial charge < -0.3 is 4.57 Å². The summed E-state index contributed by atoms with van der Waals surface area (Å²) in [5.41, 5.74) is 13.3. The van der Waals surface area contributed by atoms with Crippen LogP contribution in [-0.4, -0.2) is 19.5 Å². The van der Waals surface area contributed by atoms with Crippen molar-refractivity contribution in [3.63, 3.8) is 0 Å². The molecule has 1 aliphatic carbocycles. The maximum absolute atomic E-state index is 5.50. The van der Waals surface area contributed by atoms with Crippen molar-refractivity contribution in [3.05, 3.63) is 216 Å². The van der Waals surface area contributed by atoms with Gasteiger partial charge in [-0.25, -0.2) is 15.0 Å². The molecule has 4 heteroatoms. The van der Waals surface area contributed by atoms with Gasteiger partial charge in [0.1, 0.15) is 0 Å². The highest BCUT2D eigenvalue weighted by Crippen LogP contribution is 2.62. The third-order valence-electron chi connectivity index (χ3n) is 12.6. The normalized spacial score (nSPS) is 15.0. The standard InChI is InChI=1S/C54H32N4/c1-3-19-35-33(15-1)17-11-25-41(35)51-55-52(42-26-12-18-34-16-2-4-20-36(34)42)57-53(56-51)43-27-13-23-39-37-21-5-7-28-44(37)54(49(39)43)45-29-8-10-32-48(45)58-47-31-9-6-22-38(47)40-24-14-30-46(54)50(40)58/h1-32H. The highest BCUT2D eigenvalue weighted by atomic mass is 15.0. The van der Waals surface area contributed by atoms with Crippen LogP contribution in [0.15, 0.2) is 194 Å². The average molecular weight is 737 g/mol. The Morgan fingerprint density at radius 2 is 0.793 bits per heavy atom. The Morgan fingerprint density at radius 1 is 0.328 bits per heavy atom. The van der Waals surface area contributed by atoms with E-state index in [4.69, 9.17) is 15.0 Å². The summed E-state index contributed by atoms with van der Waals surface area (Å²) in [5, 5.41) is 7.00. The van der Waals surface area contributed by atoms with Gasteiger partial charge in [-0.2, -0.15) is 0 Å². The van der Waals surface area contributed by atoms with Crippen molar-refractivity contribution < 1.29 is 0 Å². The average Bonchev–Trinajstić information content (AvgIpc) is 3.79. The number of para-hydroxylation sites is 3. The van der Waals surface area contributed by atoms with E-state index in [0.717, 1.165) is 38.2 Å². The first kappa shape index (κ1) is 31.5. The van der Waals surface area contributed by atoms with Gasteiger partial charge in [0.2, 0.25) is 0 Å². The molecule has 0 bridgehead atoms. The zero-order valence-electron chi connectivity index (χ0n) is 31.3. The highest BCUT2D eigenvalue weighted by molar-refractivity contribution is 6.13. The lowest BCUT2D eigenvalue weighted by atomic mass is 9.64. The number of fused-ring (bicyclic) bond motifs is 14. The molecule has 11 aromatic rings. The Balaban J connectivity index is 1.18. The van der Waals surface area contributed by atoms with Crippen LogP contribution >= 0.6 is 0 Å². The van der Waals surface area contributed by atoms with Crippen LogP contribution in [0.5, 0.6) is 0 Å². The van der Waals surface area contributed by atoms with Gasteiger partial charge in [0.25, 0.3) is 0 Å². The van der Waals surface area contributed by atoms with Gasteiger partial charge in [0.15, 0.2) is 17.5 Å². The number of benzene rings is 9. The van der Waals surface area contributed by atoms with Crippen LogP contribution in [0.1, 0.15) is 22.3 Å². The van der Waals surface area contributed by atoms with Crippen LogP contribution < -0.4 is 0 Å². The second kappa shape index (κ2) is 11.7. The van der Waals surface area contributed by atoms with Crippen LogP contribution in [0, 0.1) is 0 Å². The van der Waals surface area contributed by atoms with Crippen molar-refractivity contribution in [1.29, 1.82) is 0 Å². The molecule has 4 nitrogen and oxygen atoms in total. The molecule has 1 unspecified atom stereocenters. The van der Waals surface area contributed by atoms with Gasteiger partial charge in [-0.1, -0.05) is 182 Å². The number of hydrogen-bond donors (Lipinski definition) is 0. The second-order valence-electron chi connectivity index (χ2n) is 15.5. The van der Waals surface area contributed by atoms with Crippen molar-refractivity contribution >= 4 is 43.4 Å². The molecule has 1 atom stereocenters. The fourth-order valence-electron chi connectivity index (χ4n) is 10.4. The fraction of sp³-hybridized carbons (Fsp3) is 0.0185. The van der Waals surface area contributed by atoms with E-state index in [1.54, 1.807) is 0 Å². The van der Waals surface area contributed by atoms with Crippen molar-refractivity contribution in [2.24, 2.45) is 0 Å². The predicted octanol–water partition coefficient (Wildman–Crippen LogP) is 13.0. The Bertz CT molecular complexity index is 3430. The Morgan fingerprint density at radius 3 is 1.53 bits per heavy atom. The first-order valence-corrected chi connectivity index (χ1v) is 19.9. The molecule has 268 valence electrons. The molecular formula is C54H32N4. The molecule has 9 aromatic carbocycles. The van der Waals surface area contributed by atoms with Crippen LogP contribution in [0.4, 0.5) is 0 Å². The summed E-state index contributed by atoms with van der Waals surface area (Å²) in [4.78, 5) is 16.3. The molecule has 2 aliphatic rings. The number of hydrogen-bond acceptors (Lipinski definition) is 3. The number of rotatable bonds is 3. The van der Waals surface area contributed by atoms with E-state index in [1.807, 2.05) is 0 Å². The molecule has 13 rings (SSSR count). The Hall–Kier alpha value is -7.69. The summed E-state index contributed by atoms with van der Waals surface area (Å²) >= 11 is 0. The Kier molecular flexibility index (Phi) is 6.34. The van der Waals surface area contributed by atoms with Crippen LogP contribution in [-0.2, 0) is 5.41 Å². The molecule has 0 saturated carbocycles. The maximum Gasteiger partial charge on any atom is 0.164 e. The smallest absolute Gasteiger partial charge is 0.164 e. The van der Waals surface area contributed by atoms with Gasteiger partial charge in [-0.05, 0) is 67.1 Å². The molecule has 3 heterocycles. The van der Waals surface area contributed by atoms with E-state index in [0.29, 0.717) is 17.5 Å². The van der Waals surface area contributed by atoms with Gasteiger partial charge in [0.05, 0.1) is 22.1 Å². The zero-order valence-corrected chi connectivity index (χ0v) is 31.3. The largest absolute Gasteiger partial charge is 0.309 e. The van der Waals surface area contributed by atoms with Crippen molar-refractivity contribution in [2.45, 2.75) is 5.41 Å². The fourth-order valence-corrected chi connectivity index (χ4v) is 10.4. The third-order valence-corrected chi connectivity index (χ3v) is 12.6. The molecule has 58 heavy (non-hydrogen) atoms. The molecule has 0 fully saturated rings. The topological polar surface area (TPSA) is 43.6 Å². The summed E-state index contributed by atoms with van der Waals surface area (Å²) < 4.78 is 2.49. The molecule has 0 N–H and O–H groups in total.